The molecule has 0 radical (unpaired) electrons. The molecule has 0 saturated carbocycles. The van der Waals surface area contributed by atoms with Gasteiger partial charge in [0, 0.05) is 12.7 Å². The summed E-state index contributed by atoms with van der Waals surface area (Å²) in [5.41, 5.74) is 1.24. The molecule has 6 nitrogen and oxygen atoms in total. The lowest BCUT2D eigenvalue weighted by molar-refractivity contribution is -0.120. The van der Waals surface area contributed by atoms with Crippen LogP contribution in [-0.2, 0) is 16.0 Å². The minimum atomic E-state index is -0.836. The fourth-order valence-electron chi connectivity index (χ4n) is 2.60. The fourth-order valence-corrected chi connectivity index (χ4v) is 2.60. The lowest BCUT2D eigenvalue weighted by Gasteiger charge is -2.22. The average molecular weight is 385 g/mol. The molecule has 0 heterocycles. The van der Waals surface area contributed by atoms with Crippen LogP contribution >= 0.6 is 0 Å². The molecule has 3 amide bonds. The van der Waals surface area contributed by atoms with Crippen LogP contribution in [0.1, 0.15) is 29.8 Å². The van der Waals surface area contributed by atoms with Gasteiger partial charge in [0.15, 0.2) is 0 Å². The fraction of sp³-hybridized carbons (Fsp3) is 0.286. The van der Waals surface area contributed by atoms with Crippen molar-refractivity contribution in [3.8, 4) is 0 Å². The van der Waals surface area contributed by atoms with Crippen LogP contribution < -0.4 is 16.0 Å². The van der Waals surface area contributed by atoms with E-state index in [1.54, 1.807) is 51.2 Å². The summed E-state index contributed by atoms with van der Waals surface area (Å²) in [4.78, 5) is 36.4. The zero-order chi connectivity index (χ0) is 20.7. The van der Waals surface area contributed by atoms with Gasteiger partial charge in [0.1, 0.15) is 11.9 Å². The summed E-state index contributed by atoms with van der Waals surface area (Å²) in [6.45, 7) is 3.58. The summed E-state index contributed by atoms with van der Waals surface area (Å²) in [6, 6.07) is 11.6. The van der Waals surface area contributed by atoms with Gasteiger partial charge >= 0.3 is 0 Å². The van der Waals surface area contributed by atoms with E-state index in [-0.39, 0.29) is 23.8 Å². The Bertz CT molecular complexity index is 850. The predicted molar refractivity (Wildman–Crippen MR) is 105 cm³/mol. The quantitative estimate of drug-likeness (QED) is 0.684. The minimum absolute atomic E-state index is 0.104. The van der Waals surface area contributed by atoms with E-state index in [1.165, 1.54) is 18.2 Å². The van der Waals surface area contributed by atoms with E-state index < -0.39 is 23.7 Å². The van der Waals surface area contributed by atoms with Gasteiger partial charge in [-0.25, -0.2) is 4.39 Å². The van der Waals surface area contributed by atoms with Crippen LogP contribution in [0, 0.1) is 11.7 Å². The maximum Gasteiger partial charge on any atom is 0.254 e. The summed E-state index contributed by atoms with van der Waals surface area (Å²) in [5.74, 6) is -2.00. The molecule has 7 heteroatoms. The molecule has 0 spiro atoms. The number of amides is 3. The normalized spacial score (nSPS) is 11.6. The molecule has 148 valence electrons. The molecule has 2 rings (SSSR count). The van der Waals surface area contributed by atoms with Crippen LogP contribution in [0.25, 0.3) is 0 Å². The lowest BCUT2D eigenvalue weighted by Crippen LogP contribution is -2.47. The number of nitrogens with one attached hydrogen (secondary N) is 3. The number of rotatable bonds is 7. The summed E-state index contributed by atoms with van der Waals surface area (Å²) in [5, 5.41) is 7.88. The third-order valence-corrected chi connectivity index (χ3v) is 4.22. The molecule has 2 aromatic rings. The largest absolute Gasteiger partial charge is 0.359 e. The van der Waals surface area contributed by atoms with Crippen molar-refractivity contribution in [2.24, 2.45) is 5.92 Å². The van der Waals surface area contributed by atoms with Crippen LogP contribution in [0.15, 0.2) is 48.5 Å². The first-order valence-electron chi connectivity index (χ1n) is 8.97. The van der Waals surface area contributed by atoms with Crippen molar-refractivity contribution in [3.63, 3.8) is 0 Å². The van der Waals surface area contributed by atoms with Crippen molar-refractivity contribution in [2.45, 2.75) is 26.3 Å². The number of carbonyl (C=O) groups is 3. The first-order valence-corrected chi connectivity index (χ1v) is 8.97. The van der Waals surface area contributed by atoms with E-state index in [9.17, 15) is 18.8 Å². The predicted octanol–water partition coefficient (Wildman–Crippen LogP) is 2.51. The standard InChI is InChI=1S/C21H24FN3O3/c1-13(2)19(25-20(27)16-6-4-5-7-17(16)22)21(28)24-15-10-8-14(9-11-15)12-18(26)23-3/h4-11,13,19H,12H2,1-3H3,(H,23,26)(H,24,28)(H,25,27). The second-order valence-electron chi connectivity index (χ2n) is 6.71. The van der Waals surface area contributed by atoms with Gasteiger partial charge in [-0.3, -0.25) is 14.4 Å². The Morgan fingerprint density at radius 3 is 2.21 bits per heavy atom. The highest BCUT2D eigenvalue weighted by Gasteiger charge is 2.25. The third kappa shape index (κ3) is 5.64. The molecule has 0 saturated heterocycles. The molecule has 28 heavy (non-hydrogen) atoms. The molecule has 0 aromatic heterocycles. The molecule has 1 atom stereocenters. The Balaban J connectivity index is 2.05. The van der Waals surface area contributed by atoms with Crippen LogP contribution in [0.4, 0.5) is 10.1 Å². The van der Waals surface area contributed by atoms with Gasteiger partial charge in [-0.1, -0.05) is 38.1 Å². The maximum absolute atomic E-state index is 13.8. The molecule has 0 aliphatic rings. The van der Waals surface area contributed by atoms with Gasteiger partial charge in [0.2, 0.25) is 11.8 Å². The minimum Gasteiger partial charge on any atom is -0.359 e. The number of anilines is 1. The summed E-state index contributed by atoms with van der Waals surface area (Å²) >= 11 is 0. The topological polar surface area (TPSA) is 87.3 Å². The third-order valence-electron chi connectivity index (χ3n) is 4.22. The number of likely N-dealkylation sites (N-methyl/N-ethyl adjacent to an activating group) is 1. The smallest absolute Gasteiger partial charge is 0.254 e. The zero-order valence-electron chi connectivity index (χ0n) is 16.1. The van der Waals surface area contributed by atoms with E-state index >= 15 is 0 Å². The monoisotopic (exact) mass is 385 g/mol. The average Bonchev–Trinajstić information content (AvgIpc) is 2.67. The van der Waals surface area contributed by atoms with Crippen molar-refractivity contribution in [1.29, 1.82) is 0 Å². The molecule has 0 bridgehead atoms. The lowest BCUT2D eigenvalue weighted by atomic mass is 10.0. The Morgan fingerprint density at radius 2 is 1.64 bits per heavy atom. The second-order valence-corrected chi connectivity index (χ2v) is 6.71. The SMILES string of the molecule is CNC(=O)Cc1ccc(NC(=O)C(NC(=O)c2ccccc2F)C(C)C)cc1. The molecule has 2 aromatic carbocycles. The van der Waals surface area contributed by atoms with Crippen molar-refractivity contribution in [3.05, 3.63) is 65.5 Å². The number of carbonyl (C=O) groups excluding carboxylic acids is 3. The molecule has 0 fully saturated rings. The zero-order valence-corrected chi connectivity index (χ0v) is 16.1. The van der Waals surface area contributed by atoms with E-state index in [1.807, 2.05) is 0 Å². The maximum atomic E-state index is 13.8. The van der Waals surface area contributed by atoms with Crippen LogP contribution in [0.5, 0.6) is 0 Å². The van der Waals surface area contributed by atoms with Gasteiger partial charge < -0.3 is 16.0 Å². The Hall–Kier alpha value is -3.22. The Morgan fingerprint density at radius 1 is 1.00 bits per heavy atom. The van der Waals surface area contributed by atoms with E-state index in [2.05, 4.69) is 16.0 Å². The number of hydrogen-bond donors (Lipinski definition) is 3. The highest BCUT2D eigenvalue weighted by atomic mass is 19.1. The van der Waals surface area contributed by atoms with Crippen molar-refractivity contribution < 1.29 is 18.8 Å². The number of benzene rings is 2. The molecule has 0 aliphatic carbocycles. The number of hydrogen-bond acceptors (Lipinski definition) is 3. The van der Waals surface area contributed by atoms with E-state index in [0.717, 1.165) is 5.56 Å². The van der Waals surface area contributed by atoms with Crippen LogP contribution in [-0.4, -0.2) is 30.8 Å². The van der Waals surface area contributed by atoms with Gasteiger partial charge in [-0.05, 0) is 35.7 Å². The summed E-state index contributed by atoms with van der Waals surface area (Å²) in [6.07, 6.45) is 0.248. The van der Waals surface area contributed by atoms with Crippen LogP contribution in [0.3, 0.4) is 0 Å². The highest BCUT2D eigenvalue weighted by molar-refractivity contribution is 6.01. The molecule has 0 aliphatic heterocycles. The Kier molecular flexibility index (Phi) is 7.26. The molecule has 3 N–H and O–H groups in total. The van der Waals surface area contributed by atoms with Gasteiger partial charge in [0.25, 0.3) is 5.91 Å². The van der Waals surface area contributed by atoms with Crippen molar-refractivity contribution in [2.75, 3.05) is 12.4 Å². The highest BCUT2D eigenvalue weighted by Crippen LogP contribution is 2.13. The first-order chi connectivity index (χ1) is 13.3. The molecular formula is C21H24FN3O3. The first kappa shape index (κ1) is 21.1. The van der Waals surface area contributed by atoms with Crippen molar-refractivity contribution >= 4 is 23.4 Å². The molecular weight excluding hydrogens is 361 g/mol. The van der Waals surface area contributed by atoms with E-state index in [0.29, 0.717) is 5.69 Å². The summed E-state index contributed by atoms with van der Waals surface area (Å²) in [7, 11) is 1.57. The van der Waals surface area contributed by atoms with Gasteiger partial charge in [-0.2, -0.15) is 0 Å². The second kappa shape index (κ2) is 9.64. The Labute approximate surface area is 163 Å². The summed E-state index contributed by atoms with van der Waals surface area (Å²) < 4.78 is 13.8. The van der Waals surface area contributed by atoms with Gasteiger partial charge in [-0.15, -0.1) is 0 Å². The number of halogens is 1. The van der Waals surface area contributed by atoms with Crippen LogP contribution in [0.2, 0.25) is 0 Å². The van der Waals surface area contributed by atoms with Crippen molar-refractivity contribution in [1.82, 2.24) is 10.6 Å². The van der Waals surface area contributed by atoms with Gasteiger partial charge in [0.05, 0.1) is 12.0 Å². The molecule has 1 unspecified atom stereocenters. The van der Waals surface area contributed by atoms with E-state index in [4.69, 9.17) is 0 Å².